The van der Waals surface area contributed by atoms with Gasteiger partial charge in [-0.3, -0.25) is 4.90 Å². The predicted octanol–water partition coefficient (Wildman–Crippen LogP) is 1.88. The number of fused-ring (bicyclic) bond motifs is 1. The van der Waals surface area contributed by atoms with E-state index >= 15 is 0 Å². The highest BCUT2D eigenvalue weighted by Gasteiger charge is 2.27. The minimum absolute atomic E-state index is 0.302. The molecule has 29 heavy (non-hydrogen) atoms. The van der Waals surface area contributed by atoms with Crippen LogP contribution in [-0.2, 0) is 0 Å². The van der Waals surface area contributed by atoms with Crippen LogP contribution in [0.4, 0.5) is 17.6 Å². The highest BCUT2D eigenvalue weighted by molar-refractivity contribution is 5.94. The summed E-state index contributed by atoms with van der Waals surface area (Å²) in [5, 5.41) is 20.5. The molecule has 2 aromatic heterocycles. The van der Waals surface area contributed by atoms with E-state index in [9.17, 15) is 10.2 Å². The van der Waals surface area contributed by atoms with Crippen molar-refractivity contribution in [3.63, 3.8) is 0 Å². The Kier molecular flexibility index (Phi) is 5.96. The lowest BCUT2D eigenvalue weighted by Crippen LogP contribution is -2.42. The molecule has 9 nitrogen and oxygen atoms in total. The first-order valence-electron chi connectivity index (χ1n) is 10.7. The Labute approximate surface area is 171 Å². The fourth-order valence-electron chi connectivity index (χ4n) is 4.33. The van der Waals surface area contributed by atoms with Gasteiger partial charge in [0.1, 0.15) is 29.8 Å². The minimum Gasteiger partial charge on any atom is -0.374 e. The van der Waals surface area contributed by atoms with E-state index in [0.29, 0.717) is 11.5 Å². The van der Waals surface area contributed by atoms with E-state index in [1.54, 1.807) is 20.2 Å². The molecule has 0 saturated carbocycles. The standard InChI is InChI=1S/C20H31N7O2/c1-14(28)27(15(2)29)20-23-17-16(19(24-20)26-11-7-4-8-12-26)21-13-22-18(17)25-9-5-3-6-10-25/h13-15,28-29H,3-12H2,1-2H3. The number of anilines is 3. The van der Waals surface area contributed by atoms with Gasteiger partial charge >= 0.3 is 0 Å². The maximum absolute atomic E-state index is 10.3. The van der Waals surface area contributed by atoms with Crippen molar-refractivity contribution in [2.45, 2.75) is 64.8 Å². The summed E-state index contributed by atoms with van der Waals surface area (Å²) in [5.41, 5.74) is 1.42. The number of piperidine rings is 2. The third-order valence-corrected chi connectivity index (χ3v) is 5.78. The Balaban J connectivity index is 1.89. The van der Waals surface area contributed by atoms with E-state index in [4.69, 9.17) is 9.97 Å². The van der Waals surface area contributed by atoms with E-state index in [1.807, 2.05) is 0 Å². The fraction of sp³-hybridized carbons (Fsp3) is 0.700. The van der Waals surface area contributed by atoms with Crippen LogP contribution < -0.4 is 14.7 Å². The second-order valence-electron chi connectivity index (χ2n) is 8.01. The van der Waals surface area contributed by atoms with E-state index in [2.05, 4.69) is 19.8 Å². The second-order valence-corrected chi connectivity index (χ2v) is 8.01. The quantitative estimate of drug-likeness (QED) is 0.727. The summed E-state index contributed by atoms with van der Waals surface area (Å²) in [6.07, 6.45) is 6.69. The molecule has 0 aromatic carbocycles. The van der Waals surface area contributed by atoms with Crippen LogP contribution in [0.15, 0.2) is 6.33 Å². The summed E-state index contributed by atoms with van der Waals surface area (Å²) in [6, 6.07) is 0. The van der Waals surface area contributed by atoms with Gasteiger partial charge in [-0.1, -0.05) is 0 Å². The van der Waals surface area contributed by atoms with Gasteiger partial charge in [-0.25, -0.2) is 15.0 Å². The van der Waals surface area contributed by atoms with Crippen LogP contribution in [0.3, 0.4) is 0 Å². The van der Waals surface area contributed by atoms with Crippen molar-refractivity contribution in [2.24, 2.45) is 0 Å². The summed E-state index contributed by atoms with van der Waals surface area (Å²) >= 11 is 0. The zero-order chi connectivity index (χ0) is 20.4. The Bertz CT molecular complexity index is 825. The molecule has 0 spiro atoms. The molecule has 2 N–H and O–H groups in total. The van der Waals surface area contributed by atoms with Gasteiger partial charge in [-0.2, -0.15) is 4.98 Å². The Morgan fingerprint density at radius 2 is 1.31 bits per heavy atom. The lowest BCUT2D eigenvalue weighted by atomic mass is 10.1. The molecular weight excluding hydrogens is 370 g/mol. The normalized spacial score (nSPS) is 20.0. The first kappa shape index (κ1) is 20.0. The lowest BCUT2D eigenvalue weighted by molar-refractivity contribution is 0.103. The van der Waals surface area contributed by atoms with Crippen LogP contribution in [-0.4, -0.2) is 68.8 Å². The zero-order valence-electron chi connectivity index (χ0n) is 17.3. The third-order valence-electron chi connectivity index (χ3n) is 5.78. The van der Waals surface area contributed by atoms with Crippen LogP contribution in [0.1, 0.15) is 52.4 Å². The number of aliphatic hydroxyl groups is 2. The Morgan fingerprint density at radius 1 is 0.759 bits per heavy atom. The van der Waals surface area contributed by atoms with Gasteiger partial charge in [-0.15, -0.1) is 0 Å². The molecule has 2 saturated heterocycles. The Hall–Kier alpha value is -2.26. The van der Waals surface area contributed by atoms with Gasteiger partial charge in [0.15, 0.2) is 11.6 Å². The number of aliphatic hydroxyl groups excluding tert-OH is 2. The predicted molar refractivity (Wildman–Crippen MR) is 113 cm³/mol. The average molecular weight is 402 g/mol. The monoisotopic (exact) mass is 401 g/mol. The number of rotatable bonds is 5. The molecule has 0 radical (unpaired) electrons. The lowest BCUT2D eigenvalue weighted by Gasteiger charge is -2.33. The Morgan fingerprint density at radius 3 is 1.86 bits per heavy atom. The van der Waals surface area contributed by atoms with Crippen molar-refractivity contribution in [3.05, 3.63) is 6.33 Å². The molecule has 0 amide bonds. The van der Waals surface area contributed by atoms with E-state index < -0.39 is 12.5 Å². The summed E-state index contributed by atoms with van der Waals surface area (Å²) < 4.78 is 0. The van der Waals surface area contributed by atoms with Crippen LogP contribution >= 0.6 is 0 Å². The summed E-state index contributed by atoms with van der Waals surface area (Å²) in [5.74, 6) is 1.88. The van der Waals surface area contributed by atoms with Crippen molar-refractivity contribution in [1.29, 1.82) is 0 Å². The van der Waals surface area contributed by atoms with Crippen LogP contribution in [0, 0.1) is 0 Å². The molecule has 2 aliphatic heterocycles. The fourth-order valence-corrected chi connectivity index (χ4v) is 4.33. The SMILES string of the molecule is CC(O)N(c1nc(N2CCCCC2)c2ncnc(N3CCCCC3)c2n1)C(C)O. The first-order valence-corrected chi connectivity index (χ1v) is 10.7. The summed E-state index contributed by atoms with van der Waals surface area (Å²) in [4.78, 5) is 24.6. The summed E-state index contributed by atoms with van der Waals surface area (Å²) in [7, 11) is 0. The maximum atomic E-state index is 10.3. The number of hydrogen-bond donors (Lipinski definition) is 2. The van der Waals surface area contributed by atoms with Crippen LogP contribution in [0.25, 0.3) is 11.0 Å². The molecule has 2 unspecified atom stereocenters. The molecule has 2 fully saturated rings. The van der Waals surface area contributed by atoms with Crippen LogP contribution in [0.2, 0.25) is 0 Å². The topological polar surface area (TPSA) is 102 Å². The molecule has 0 bridgehead atoms. The van der Waals surface area contributed by atoms with Crippen molar-refractivity contribution < 1.29 is 10.2 Å². The summed E-state index contributed by atoms with van der Waals surface area (Å²) in [6.45, 7) is 6.93. The molecule has 4 rings (SSSR count). The van der Waals surface area contributed by atoms with Crippen molar-refractivity contribution in [2.75, 3.05) is 40.9 Å². The van der Waals surface area contributed by atoms with Gasteiger partial charge < -0.3 is 20.0 Å². The van der Waals surface area contributed by atoms with Gasteiger partial charge in [0.2, 0.25) is 5.95 Å². The smallest absolute Gasteiger partial charge is 0.232 e. The molecule has 0 aliphatic carbocycles. The van der Waals surface area contributed by atoms with Gasteiger partial charge in [-0.05, 0) is 52.4 Å². The van der Waals surface area contributed by atoms with Crippen LogP contribution in [0.5, 0.6) is 0 Å². The highest BCUT2D eigenvalue weighted by Crippen LogP contribution is 2.33. The molecular formula is C20H31N7O2. The maximum Gasteiger partial charge on any atom is 0.232 e. The first-order chi connectivity index (χ1) is 14.1. The third kappa shape index (κ3) is 4.06. The van der Waals surface area contributed by atoms with Gasteiger partial charge in [0.25, 0.3) is 0 Å². The largest absolute Gasteiger partial charge is 0.374 e. The minimum atomic E-state index is -0.926. The molecule has 158 valence electrons. The number of aromatic nitrogens is 4. The molecule has 4 heterocycles. The van der Waals surface area contributed by atoms with Crippen molar-refractivity contribution in [3.8, 4) is 0 Å². The molecule has 2 aromatic rings. The van der Waals surface area contributed by atoms with E-state index in [-0.39, 0.29) is 0 Å². The molecule has 2 aliphatic rings. The van der Waals surface area contributed by atoms with Crippen molar-refractivity contribution >= 4 is 28.6 Å². The molecule has 9 heteroatoms. The van der Waals surface area contributed by atoms with Gasteiger partial charge in [0, 0.05) is 26.2 Å². The number of nitrogens with zero attached hydrogens (tertiary/aromatic N) is 7. The second kappa shape index (κ2) is 8.62. The number of hydrogen-bond acceptors (Lipinski definition) is 9. The van der Waals surface area contributed by atoms with E-state index in [0.717, 1.165) is 69.0 Å². The van der Waals surface area contributed by atoms with Crippen molar-refractivity contribution in [1.82, 2.24) is 19.9 Å². The highest BCUT2D eigenvalue weighted by atomic mass is 16.3. The average Bonchev–Trinajstić information content (AvgIpc) is 2.73. The zero-order valence-corrected chi connectivity index (χ0v) is 17.3. The van der Waals surface area contributed by atoms with Gasteiger partial charge in [0.05, 0.1) is 0 Å². The molecule has 2 atom stereocenters. The van der Waals surface area contributed by atoms with E-state index in [1.165, 1.54) is 17.7 Å².